The number of anilines is 2. The molecule has 8 heteroatoms. The van der Waals surface area contributed by atoms with E-state index in [0.29, 0.717) is 35.8 Å². The van der Waals surface area contributed by atoms with Gasteiger partial charge < -0.3 is 10.6 Å². The molecule has 2 amide bonds. The number of nitriles is 2. The van der Waals surface area contributed by atoms with Gasteiger partial charge in [0.1, 0.15) is 22.1 Å². The molecule has 2 aliphatic carbocycles. The lowest BCUT2D eigenvalue weighted by molar-refractivity contribution is -0.117. The van der Waals surface area contributed by atoms with E-state index in [2.05, 4.69) is 36.6 Å². The van der Waals surface area contributed by atoms with E-state index in [1.54, 1.807) is 22.7 Å². The third-order valence-corrected chi connectivity index (χ3v) is 10.2. The predicted octanol–water partition coefficient (Wildman–Crippen LogP) is 7.50. The lowest BCUT2D eigenvalue weighted by atomic mass is 9.88. The number of nitrogens with zero attached hydrogens (tertiary/aromatic N) is 2. The summed E-state index contributed by atoms with van der Waals surface area (Å²) in [5, 5.41) is 26.7. The van der Waals surface area contributed by atoms with Crippen LogP contribution in [0.15, 0.2) is 0 Å². The Morgan fingerprint density at radius 1 is 0.737 bits per heavy atom. The smallest absolute Gasteiger partial charge is 0.225 e. The number of carbonyl (C=O) groups excluding carboxylic acids is 2. The van der Waals surface area contributed by atoms with E-state index < -0.39 is 0 Å². The van der Waals surface area contributed by atoms with Crippen LogP contribution in [-0.2, 0) is 35.3 Å². The molecule has 0 unspecified atom stereocenters. The molecule has 6 nitrogen and oxygen atoms in total. The molecule has 2 N–H and O–H groups in total. The number of carbonyl (C=O) groups is 2. The molecular weight excluding hydrogens is 512 g/mol. The highest BCUT2D eigenvalue weighted by Crippen LogP contribution is 2.40. The second-order valence-corrected chi connectivity index (χ2v) is 13.3. The van der Waals surface area contributed by atoms with Crippen molar-refractivity contribution in [3.05, 3.63) is 32.0 Å². The maximum absolute atomic E-state index is 12.5. The van der Waals surface area contributed by atoms with Gasteiger partial charge in [-0.2, -0.15) is 10.5 Å². The number of unbranched alkanes of at least 4 members (excludes halogenated alkanes) is 5. The van der Waals surface area contributed by atoms with Crippen LogP contribution < -0.4 is 10.6 Å². The quantitative estimate of drug-likeness (QED) is 0.283. The Labute approximate surface area is 234 Å². The molecule has 202 valence electrons. The summed E-state index contributed by atoms with van der Waals surface area (Å²) in [4.78, 5) is 27.5. The third kappa shape index (κ3) is 7.04. The molecule has 2 atom stereocenters. The summed E-state index contributed by atoms with van der Waals surface area (Å²) >= 11 is 3.16. The highest BCUT2D eigenvalue weighted by atomic mass is 32.1. The van der Waals surface area contributed by atoms with Gasteiger partial charge in [0, 0.05) is 22.6 Å². The van der Waals surface area contributed by atoms with Crippen LogP contribution in [0, 0.1) is 34.5 Å². The molecule has 2 aromatic rings. The number of thiophene rings is 2. The third-order valence-electron chi connectivity index (χ3n) is 7.81. The number of nitrogens with one attached hydrogen (secondary N) is 2. The Morgan fingerprint density at radius 2 is 1.13 bits per heavy atom. The number of hydrogen-bond acceptors (Lipinski definition) is 6. The van der Waals surface area contributed by atoms with Crippen LogP contribution in [0.5, 0.6) is 0 Å². The van der Waals surface area contributed by atoms with Crippen molar-refractivity contribution in [1.82, 2.24) is 0 Å². The largest absolute Gasteiger partial charge is 0.317 e. The van der Waals surface area contributed by atoms with Gasteiger partial charge in [-0.05, 0) is 74.3 Å². The normalized spacial score (nSPS) is 18.1. The molecule has 0 spiro atoms. The topological polar surface area (TPSA) is 106 Å². The number of amides is 2. The Bertz CT molecular complexity index is 1150. The summed E-state index contributed by atoms with van der Waals surface area (Å²) in [6.07, 6.45) is 12.7. The predicted molar refractivity (Wildman–Crippen MR) is 155 cm³/mol. The summed E-state index contributed by atoms with van der Waals surface area (Å²) in [7, 11) is 0. The first-order valence-corrected chi connectivity index (χ1v) is 15.7. The van der Waals surface area contributed by atoms with Crippen molar-refractivity contribution >= 4 is 44.5 Å². The minimum Gasteiger partial charge on any atom is -0.317 e. The molecule has 0 radical (unpaired) electrons. The highest BCUT2D eigenvalue weighted by molar-refractivity contribution is 7.17. The zero-order valence-electron chi connectivity index (χ0n) is 22.6. The molecule has 2 heterocycles. The van der Waals surface area contributed by atoms with Crippen molar-refractivity contribution in [2.75, 3.05) is 10.6 Å². The van der Waals surface area contributed by atoms with Crippen molar-refractivity contribution < 1.29 is 9.59 Å². The standard InChI is InChI=1S/C30H38N4O2S2/c1-19-11-13-21-23(17-31)29(37-25(21)15-19)33-27(35)9-7-5-3-4-6-8-10-28(36)34-30-24(18-32)22-14-12-20(2)16-26(22)38-30/h19-20H,3-16H2,1-2H3,(H,33,35)(H,34,36)/t19-,20-/m0/s1. The molecule has 0 aliphatic heterocycles. The van der Waals surface area contributed by atoms with Crippen molar-refractivity contribution in [3.8, 4) is 12.1 Å². The SMILES string of the molecule is C[C@H]1CCc2c(sc(NC(=O)CCCCCCCCC(=O)Nc3sc4c(c3C#N)CC[C@H](C)C4)c2C#N)C1. The minimum atomic E-state index is -0.00808. The maximum Gasteiger partial charge on any atom is 0.225 e. The summed E-state index contributed by atoms with van der Waals surface area (Å²) in [6.45, 7) is 4.48. The number of hydrogen-bond donors (Lipinski definition) is 2. The van der Waals surface area contributed by atoms with E-state index in [4.69, 9.17) is 0 Å². The van der Waals surface area contributed by atoms with Crippen LogP contribution in [0.2, 0.25) is 0 Å². The van der Waals surface area contributed by atoms with Gasteiger partial charge in [-0.15, -0.1) is 22.7 Å². The summed E-state index contributed by atoms with van der Waals surface area (Å²) in [5.41, 5.74) is 3.64. The van der Waals surface area contributed by atoms with Crippen molar-refractivity contribution in [3.63, 3.8) is 0 Å². The van der Waals surface area contributed by atoms with E-state index in [1.807, 2.05) is 0 Å². The van der Waals surface area contributed by atoms with Crippen molar-refractivity contribution in [1.29, 1.82) is 10.5 Å². The fourth-order valence-electron chi connectivity index (χ4n) is 5.57. The lowest BCUT2D eigenvalue weighted by Gasteiger charge is -2.17. The summed E-state index contributed by atoms with van der Waals surface area (Å²) < 4.78 is 0. The van der Waals surface area contributed by atoms with E-state index in [1.165, 1.54) is 9.75 Å². The monoisotopic (exact) mass is 550 g/mol. The van der Waals surface area contributed by atoms with Gasteiger partial charge >= 0.3 is 0 Å². The second-order valence-electron chi connectivity index (χ2n) is 11.1. The first kappa shape index (κ1) is 28.3. The number of fused-ring (bicyclic) bond motifs is 2. The molecule has 0 fully saturated rings. The van der Waals surface area contributed by atoms with Crippen LogP contribution in [0.1, 0.15) is 110 Å². The van der Waals surface area contributed by atoms with E-state index >= 15 is 0 Å². The zero-order chi connectivity index (χ0) is 27.1. The van der Waals surface area contributed by atoms with Crippen molar-refractivity contribution in [2.45, 2.75) is 104 Å². The van der Waals surface area contributed by atoms with Gasteiger partial charge in [0.25, 0.3) is 0 Å². The van der Waals surface area contributed by atoms with Crippen LogP contribution >= 0.6 is 22.7 Å². The van der Waals surface area contributed by atoms with Crippen molar-refractivity contribution in [2.24, 2.45) is 11.8 Å². The van der Waals surface area contributed by atoms with Gasteiger partial charge in [-0.25, -0.2) is 0 Å². The molecular formula is C30H38N4O2S2. The first-order valence-electron chi connectivity index (χ1n) is 14.1. The van der Waals surface area contributed by atoms with Gasteiger partial charge in [0.05, 0.1) is 11.1 Å². The van der Waals surface area contributed by atoms with Gasteiger partial charge in [0.2, 0.25) is 11.8 Å². The Kier molecular flexibility index (Phi) is 9.99. The second kappa shape index (κ2) is 13.4. The number of rotatable bonds is 11. The van der Waals surface area contributed by atoms with Gasteiger partial charge in [-0.3, -0.25) is 9.59 Å². The van der Waals surface area contributed by atoms with Crippen LogP contribution in [0.25, 0.3) is 0 Å². The Morgan fingerprint density at radius 3 is 1.53 bits per heavy atom. The average molecular weight is 551 g/mol. The molecule has 38 heavy (non-hydrogen) atoms. The lowest BCUT2D eigenvalue weighted by Crippen LogP contribution is -2.11. The van der Waals surface area contributed by atoms with E-state index in [0.717, 1.165) is 98.2 Å². The molecule has 2 aromatic heterocycles. The van der Waals surface area contributed by atoms with Gasteiger partial charge in [-0.1, -0.05) is 39.5 Å². The fourth-order valence-corrected chi connectivity index (χ4v) is 8.33. The molecule has 0 saturated heterocycles. The van der Waals surface area contributed by atoms with E-state index in [-0.39, 0.29) is 11.8 Å². The summed E-state index contributed by atoms with van der Waals surface area (Å²) in [5.74, 6) is 1.26. The molecule has 4 rings (SSSR count). The minimum absolute atomic E-state index is 0.00808. The molecule has 2 aliphatic rings. The first-order chi connectivity index (χ1) is 18.4. The summed E-state index contributed by atoms with van der Waals surface area (Å²) in [6, 6.07) is 4.63. The van der Waals surface area contributed by atoms with Crippen LogP contribution in [0.4, 0.5) is 10.0 Å². The molecule has 0 saturated carbocycles. The Hall–Kier alpha value is -2.68. The molecule has 0 aromatic carbocycles. The molecule has 0 bridgehead atoms. The average Bonchev–Trinajstić information content (AvgIpc) is 3.40. The maximum atomic E-state index is 12.5. The van der Waals surface area contributed by atoms with Crippen LogP contribution in [-0.4, -0.2) is 11.8 Å². The van der Waals surface area contributed by atoms with Gasteiger partial charge in [0.15, 0.2) is 0 Å². The van der Waals surface area contributed by atoms with Crippen LogP contribution in [0.3, 0.4) is 0 Å². The van der Waals surface area contributed by atoms with E-state index in [9.17, 15) is 20.1 Å². The zero-order valence-corrected chi connectivity index (χ0v) is 24.2. The highest BCUT2D eigenvalue weighted by Gasteiger charge is 2.25. The Balaban J connectivity index is 1.09. The fraction of sp³-hybridized carbons (Fsp3) is 0.600.